The molecule has 0 aliphatic carbocycles. The molecule has 180 valence electrons. The molecule has 0 amide bonds. The predicted octanol–water partition coefficient (Wildman–Crippen LogP) is 6.84. The van der Waals surface area contributed by atoms with Crippen LogP contribution < -0.4 is 14.3 Å². The maximum absolute atomic E-state index is 3.16. The molecule has 3 heteroatoms. The Balaban J connectivity index is 2.01. The average Bonchev–Trinajstić information content (AvgIpc) is 2.95. The van der Waals surface area contributed by atoms with Crippen LogP contribution in [0.25, 0.3) is 0 Å². The number of hydrogen-bond acceptors (Lipinski definition) is 1. The summed E-state index contributed by atoms with van der Waals surface area (Å²) in [6.45, 7) is 4.72. The van der Waals surface area contributed by atoms with Gasteiger partial charge < -0.3 is 0 Å². The topological polar surface area (TPSA) is 0 Å². The van der Waals surface area contributed by atoms with Crippen LogP contribution in [0.3, 0.4) is 0 Å². The van der Waals surface area contributed by atoms with Gasteiger partial charge in [0.2, 0.25) is 0 Å². The van der Waals surface area contributed by atoms with Crippen molar-refractivity contribution in [3.63, 3.8) is 0 Å². The first kappa shape index (κ1) is 26.9. The van der Waals surface area contributed by atoms with Gasteiger partial charge in [-0.05, 0) is 0 Å². The average molecular weight is 692 g/mol. The SMILES string of the molecule is CCC[CH2][Sn]([S][Sn]([CH2]CCC)([c]1ccccc1)[c]1ccccc1)([c]1ccccc1)[c]1ccccc1. The van der Waals surface area contributed by atoms with Crippen LogP contribution in [0, 0.1) is 0 Å². The van der Waals surface area contributed by atoms with Crippen molar-refractivity contribution < 1.29 is 0 Å². The van der Waals surface area contributed by atoms with Crippen LogP contribution in [0.15, 0.2) is 121 Å². The fraction of sp³-hybridized carbons (Fsp3) is 0.250. The Bertz CT molecular complexity index is 959. The molecule has 0 aliphatic rings. The van der Waals surface area contributed by atoms with Gasteiger partial charge in [0.05, 0.1) is 0 Å². The quantitative estimate of drug-likeness (QED) is 0.147. The number of hydrogen-bond donors (Lipinski definition) is 0. The van der Waals surface area contributed by atoms with E-state index in [0.717, 1.165) is 0 Å². The molecule has 0 nitrogen and oxygen atoms in total. The van der Waals surface area contributed by atoms with E-state index in [2.05, 4.69) is 141 Å². The minimum absolute atomic E-state index is 1.26. The maximum atomic E-state index is 2.60. The van der Waals surface area contributed by atoms with Gasteiger partial charge in [0.1, 0.15) is 0 Å². The van der Waals surface area contributed by atoms with E-state index >= 15 is 0 Å². The zero-order valence-electron chi connectivity index (χ0n) is 21.2. The van der Waals surface area contributed by atoms with Crippen molar-refractivity contribution in [3.8, 4) is 0 Å². The Morgan fingerprint density at radius 1 is 0.429 bits per heavy atom. The van der Waals surface area contributed by atoms with E-state index in [9.17, 15) is 0 Å². The van der Waals surface area contributed by atoms with Gasteiger partial charge in [-0.15, -0.1) is 0 Å². The molecular weight excluding hydrogens is 654 g/mol. The molecule has 0 heterocycles. The Kier molecular flexibility index (Phi) is 10.3. The van der Waals surface area contributed by atoms with Crippen molar-refractivity contribution in [2.45, 2.75) is 48.4 Å². The molecule has 0 saturated heterocycles. The van der Waals surface area contributed by atoms with Crippen LogP contribution in [0.4, 0.5) is 0 Å². The monoisotopic (exact) mass is 694 g/mol. The van der Waals surface area contributed by atoms with Crippen LogP contribution in [-0.2, 0) is 0 Å². The Labute approximate surface area is 222 Å². The van der Waals surface area contributed by atoms with Crippen molar-refractivity contribution in [1.82, 2.24) is 0 Å². The molecule has 4 rings (SSSR count). The summed E-state index contributed by atoms with van der Waals surface area (Å²) in [6, 6.07) is 46.8. The second-order valence-corrected chi connectivity index (χ2v) is 51.3. The summed E-state index contributed by atoms with van der Waals surface area (Å²) in [5, 5.41) is 0. The second kappa shape index (κ2) is 13.4. The van der Waals surface area contributed by atoms with Gasteiger partial charge in [-0.2, -0.15) is 0 Å². The van der Waals surface area contributed by atoms with Crippen molar-refractivity contribution in [1.29, 1.82) is 0 Å². The van der Waals surface area contributed by atoms with E-state index in [4.69, 9.17) is 0 Å². The van der Waals surface area contributed by atoms with Crippen LogP contribution in [-0.4, -0.2) is 34.0 Å². The summed E-state index contributed by atoms with van der Waals surface area (Å²) in [6.07, 6.45) is 7.73. The summed E-state index contributed by atoms with van der Waals surface area (Å²) >= 11 is -6.32. The molecule has 0 spiro atoms. The zero-order chi connectivity index (χ0) is 24.4. The third kappa shape index (κ3) is 6.22. The Morgan fingerprint density at radius 3 is 0.914 bits per heavy atom. The van der Waals surface area contributed by atoms with E-state index < -0.39 is 34.0 Å². The van der Waals surface area contributed by atoms with Gasteiger partial charge in [0, 0.05) is 0 Å². The molecule has 35 heavy (non-hydrogen) atoms. The van der Waals surface area contributed by atoms with E-state index in [1.807, 2.05) is 0 Å². The van der Waals surface area contributed by atoms with Crippen LogP contribution in [0.5, 0.6) is 0 Å². The van der Waals surface area contributed by atoms with Gasteiger partial charge in [-0.3, -0.25) is 0 Å². The van der Waals surface area contributed by atoms with Gasteiger partial charge >= 0.3 is 224 Å². The van der Waals surface area contributed by atoms with Gasteiger partial charge in [-0.25, -0.2) is 0 Å². The number of benzene rings is 4. The predicted molar refractivity (Wildman–Crippen MR) is 163 cm³/mol. The standard InChI is InChI=1S/4C6H5.2C4H9.S.2Sn/c4*1-2-4-6-5-3-1;2*1-3-4-2;;;/h4*1-5H;2*1,3-4H2,2H3;;;. The van der Waals surface area contributed by atoms with E-state index in [0.29, 0.717) is 0 Å². The second-order valence-electron chi connectivity index (χ2n) is 9.43. The molecule has 0 saturated carbocycles. The van der Waals surface area contributed by atoms with Crippen molar-refractivity contribution in [3.05, 3.63) is 121 Å². The Morgan fingerprint density at radius 2 is 0.686 bits per heavy atom. The molecule has 0 aliphatic heterocycles. The molecule has 0 radical (unpaired) electrons. The minimum atomic E-state index is -3.16. The van der Waals surface area contributed by atoms with E-state index in [1.54, 1.807) is 14.3 Å². The van der Waals surface area contributed by atoms with Crippen molar-refractivity contribution in [2.24, 2.45) is 0 Å². The molecule has 0 N–H and O–H groups in total. The zero-order valence-corrected chi connectivity index (χ0v) is 27.7. The molecule has 0 atom stereocenters. The summed E-state index contributed by atoms with van der Waals surface area (Å²) < 4.78 is 9.39. The molecule has 0 bridgehead atoms. The summed E-state index contributed by atoms with van der Waals surface area (Å²) in [5.74, 6) is 0. The van der Waals surface area contributed by atoms with Crippen molar-refractivity contribution >= 4 is 54.4 Å². The third-order valence-electron chi connectivity index (χ3n) is 7.07. The molecule has 0 fully saturated rings. The van der Waals surface area contributed by atoms with Crippen LogP contribution in [0.1, 0.15) is 39.5 Å². The van der Waals surface area contributed by atoms with E-state index in [-0.39, 0.29) is 0 Å². The fourth-order valence-corrected chi connectivity index (χ4v) is 114. The van der Waals surface area contributed by atoms with Gasteiger partial charge in [0.15, 0.2) is 0 Å². The fourth-order valence-electron chi connectivity index (χ4n) is 5.23. The normalized spacial score (nSPS) is 11.9. The number of rotatable bonds is 12. The van der Waals surface area contributed by atoms with Crippen LogP contribution >= 0.6 is 6.13 Å². The van der Waals surface area contributed by atoms with E-state index in [1.165, 1.54) is 34.6 Å². The molecule has 4 aromatic carbocycles. The molecule has 0 aromatic heterocycles. The molecule has 0 unspecified atom stereocenters. The summed E-state index contributed by atoms with van der Waals surface area (Å²) in [4.78, 5) is 0. The first-order valence-electron chi connectivity index (χ1n) is 13.2. The third-order valence-corrected chi connectivity index (χ3v) is 83.3. The van der Waals surface area contributed by atoms with Gasteiger partial charge in [0.25, 0.3) is 0 Å². The summed E-state index contributed by atoms with van der Waals surface area (Å²) in [7, 11) is 0. The number of unbranched alkanes of at least 4 members (excludes halogenated alkanes) is 2. The molecular formula is C32H38SSn2. The van der Waals surface area contributed by atoms with Gasteiger partial charge in [-0.1, -0.05) is 0 Å². The first-order chi connectivity index (χ1) is 17.2. The summed E-state index contributed by atoms with van der Waals surface area (Å²) in [5.41, 5.74) is 0. The van der Waals surface area contributed by atoms with Crippen molar-refractivity contribution in [2.75, 3.05) is 0 Å². The molecule has 4 aromatic rings. The Hall–Kier alpha value is -1.17. The van der Waals surface area contributed by atoms with Crippen LogP contribution in [0.2, 0.25) is 8.87 Å². The first-order valence-corrected chi connectivity index (χ1v) is 30.7.